The molecule has 2 N–H and O–H groups in total. The number of unbranched alkanes of at least 4 members (excludes halogenated alkanes) is 2. The van der Waals surface area contributed by atoms with Crippen LogP contribution in [0.3, 0.4) is 0 Å². The first-order chi connectivity index (χ1) is 13.1. The number of aliphatic hydroxyl groups is 2. The van der Waals surface area contributed by atoms with E-state index in [9.17, 15) is 10.2 Å². The molecule has 0 aromatic heterocycles. The number of ether oxygens (including phenoxy) is 1. The van der Waals surface area contributed by atoms with E-state index in [2.05, 4.69) is 30.8 Å². The minimum absolute atomic E-state index is 0.218. The van der Waals surface area contributed by atoms with Gasteiger partial charge >= 0.3 is 0 Å². The maximum absolute atomic E-state index is 10.7. The zero-order valence-electron chi connectivity index (χ0n) is 16.6. The summed E-state index contributed by atoms with van der Waals surface area (Å²) in [6, 6.07) is 6.26. The fraction of sp³-hybridized carbons (Fsp3) is 0.696. The molecule has 1 aromatic rings. The maximum atomic E-state index is 10.7. The van der Waals surface area contributed by atoms with E-state index < -0.39 is 0 Å². The Labute approximate surface area is 163 Å². The average Bonchev–Trinajstić information content (AvgIpc) is 2.97. The van der Waals surface area contributed by atoms with Crippen molar-refractivity contribution in [3.63, 3.8) is 0 Å². The molecule has 0 aliphatic heterocycles. The summed E-state index contributed by atoms with van der Waals surface area (Å²) in [5, 5.41) is 21.0. The highest BCUT2D eigenvalue weighted by molar-refractivity contribution is 5.43. The van der Waals surface area contributed by atoms with E-state index in [1.54, 1.807) is 0 Å². The maximum Gasteiger partial charge on any atom is 0.178 e. The summed E-state index contributed by atoms with van der Waals surface area (Å²) in [5.74, 6) is 2.25. The van der Waals surface area contributed by atoms with Gasteiger partial charge in [-0.2, -0.15) is 0 Å². The molecule has 0 saturated heterocycles. The molecule has 3 rings (SSSR count). The van der Waals surface area contributed by atoms with E-state index in [-0.39, 0.29) is 18.9 Å². The van der Waals surface area contributed by atoms with Gasteiger partial charge in [0.25, 0.3) is 0 Å². The Hall–Kier alpha value is -1.39. The van der Waals surface area contributed by atoms with Crippen LogP contribution < -0.4 is 4.74 Å². The predicted octanol–water partition coefficient (Wildman–Crippen LogP) is 4.16. The second-order valence-electron chi connectivity index (χ2n) is 8.42. The van der Waals surface area contributed by atoms with Crippen LogP contribution >= 0.6 is 0 Å². The SMILES string of the molecule is C=NCOc1cccc2c1CC1C[C@@H](O)[C@H](CC[C@@H](O)CCCCC)[C@H]1C2. The Kier molecular flexibility index (Phi) is 7.31. The number of aliphatic hydroxyl groups excluding tert-OH is 2. The fourth-order valence-corrected chi connectivity index (χ4v) is 5.21. The number of benzene rings is 1. The second-order valence-corrected chi connectivity index (χ2v) is 8.42. The lowest BCUT2D eigenvalue weighted by atomic mass is 9.73. The van der Waals surface area contributed by atoms with Crippen molar-refractivity contribution in [2.24, 2.45) is 22.7 Å². The molecule has 1 unspecified atom stereocenters. The highest BCUT2D eigenvalue weighted by Crippen LogP contribution is 2.48. The van der Waals surface area contributed by atoms with Crippen molar-refractivity contribution in [2.45, 2.75) is 76.9 Å². The van der Waals surface area contributed by atoms with Gasteiger partial charge in [-0.05, 0) is 80.2 Å². The van der Waals surface area contributed by atoms with Gasteiger partial charge < -0.3 is 14.9 Å². The van der Waals surface area contributed by atoms with Gasteiger partial charge in [-0.15, -0.1) is 0 Å². The Morgan fingerprint density at radius 2 is 2.11 bits per heavy atom. The second kappa shape index (κ2) is 9.70. The third-order valence-corrected chi connectivity index (χ3v) is 6.63. The van der Waals surface area contributed by atoms with Crippen molar-refractivity contribution >= 4 is 6.72 Å². The number of fused-ring (bicyclic) bond motifs is 2. The molecule has 4 nitrogen and oxygen atoms in total. The largest absolute Gasteiger partial charge is 0.471 e. The lowest BCUT2D eigenvalue weighted by Gasteiger charge is -2.32. The Morgan fingerprint density at radius 1 is 1.26 bits per heavy atom. The molecular formula is C23H35NO3. The third kappa shape index (κ3) is 4.91. The van der Waals surface area contributed by atoms with Crippen molar-refractivity contribution in [1.29, 1.82) is 0 Å². The molecule has 0 spiro atoms. The highest BCUT2D eigenvalue weighted by Gasteiger charge is 2.44. The summed E-state index contributed by atoms with van der Waals surface area (Å²) in [5.41, 5.74) is 2.63. The minimum Gasteiger partial charge on any atom is -0.471 e. The van der Waals surface area contributed by atoms with E-state index >= 15 is 0 Å². The van der Waals surface area contributed by atoms with Crippen LogP contribution in [0.1, 0.15) is 63.0 Å². The van der Waals surface area contributed by atoms with Crippen molar-refractivity contribution in [3.05, 3.63) is 29.3 Å². The zero-order chi connectivity index (χ0) is 19.2. The predicted molar refractivity (Wildman–Crippen MR) is 109 cm³/mol. The van der Waals surface area contributed by atoms with Crippen LogP contribution in [-0.2, 0) is 12.8 Å². The normalized spacial score (nSPS) is 27.7. The Bertz CT molecular complexity index is 618. The summed E-state index contributed by atoms with van der Waals surface area (Å²) in [7, 11) is 0. The number of hydrogen-bond donors (Lipinski definition) is 2. The first kappa shape index (κ1) is 20.3. The van der Waals surface area contributed by atoms with Gasteiger partial charge in [-0.25, -0.2) is 0 Å². The lowest BCUT2D eigenvalue weighted by molar-refractivity contribution is 0.0869. The molecule has 0 bridgehead atoms. The summed E-state index contributed by atoms with van der Waals surface area (Å²) in [4.78, 5) is 3.80. The van der Waals surface area contributed by atoms with Gasteiger partial charge in [0, 0.05) is 0 Å². The number of rotatable bonds is 10. The van der Waals surface area contributed by atoms with Crippen LogP contribution in [0.15, 0.2) is 23.2 Å². The van der Waals surface area contributed by atoms with Gasteiger partial charge in [-0.1, -0.05) is 38.3 Å². The molecule has 4 heteroatoms. The standard InChI is InChI=1S/C23H35NO3/c1-3-4-5-8-18(25)10-11-19-20-12-16-7-6-9-23(27-15-24-2)21(16)13-17(20)14-22(19)26/h6-7,9,17-20,22,25-26H,2-5,8,10-15H2,1H3/t17?,18-,19+,20-,22+/m0/s1. The highest BCUT2D eigenvalue weighted by atomic mass is 16.5. The molecule has 0 amide bonds. The third-order valence-electron chi connectivity index (χ3n) is 6.63. The molecule has 5 atom stereocenters. The Balaban J connectivity index is 1.62. The van der Waals surface area contributed by atoms with E-state index in [1.165, 1.54) is 24.0 Å². The molecule has 2 aliphatic rings. The zero-order valence-corrected chi connectivity index (χ0v) is 16.6. The fourth-order valence-electron chi connectivity index (χ4n) is 5.21. The number of aliphatic imine (C=N–C) groups is 1. The van der Waals surface area contributed by atoms with Gasteiger partial charge in [0.2, 0.25) is 0 Å². The Morgan fingerprint density at radius 3 is 2.89 bits per heavy atom. The molecule has 2 aliphatic carbocycles. The molecule has 1 saturated carbocycles. The number of nitrogens with zero attached hydrogens (tertiary/aromatic N) is 1. The molecule has 27 heavy (non-hydrogen) atoms. The van der Waals surface area contributed by atoms with Crippen LogP contribution in [0.25, 0.3) is 0 Å². The smallest absolute Gasteiger partial charge is 0.178 e. The van der Waals surface area contributed by atoms with E-state index in [0.717, 1.165) is 50.7 Å². The van der Waals surface area contributed by atoms with Crippen molar-refractivity contribution in [1.82, 2.24) is 0 Å². The quantitative estimate of drug-likeness (QED) is 0.478. The molecular weight excluding hydrogens is 338 g/mol. The topological polar surface area (TPSA) is 62.0 Å². The van der Waals surface area contributed by atoms with Crippen LogP contribution in [0.2, 0.25) is 0 Å². The average molecular weight is 374 g/mol. The first-order valence-corrected chi connectivity index (χ1v) is 10.7. The molecule has 1 fully saturated rings. The monoisotopic (exact) mass is 373 g/mol. The number of hydrogen-bond acceptors (Lipinski definition) is 4. The van der Waals surface area contributed by atoms with Crippen LogP contribution in [0.4, 0.5) is 0 Å². The van der Waals surface area contributed by atoms with Crippen LogP contribution in [0.5, 0.6) is 5.75 Å². The molecule has 0 radical (unpaired) electrons. The van der Waals surface area contributed by atoms with Crippen molar-refractivity contribution in [2.75, 3.05) is 6.73 Å². The van der Waals surface area contributed by atoms with Crippen LogP contribution in [-0.4, -0.2) is 35.9 Å². The van der Waals surface area contributed by atoms with Gasteiger partial charge in [-0.3, -0.25) is 4.99 Å². The summed E-state index contributed by atoms with van der Waals surface area (Å²) >= 11 is 0. The molecule has 1 aromatic carbocycles. The summed E-state index contributed by atoms with van der Waals surface area (Å²) < 4.78 is 5.76. The van der Waals surface area contributed by atoms with Crippen LogP contribution in [0, 0.1) is 17.8 Å². The lowest BCUT2D eigenvalue weighted by Crippen LogP contribution is -2.28. The van der Waals surface area contributed by atoms with E-state index in [1.807, 2.05) is 6.07 Å². The van der Waals surface area contributed by atoms with Crippen molar-refractivity contribution in [3.8, 4) is 5.75 Å². The van der Waals surface area contributed by atoms with Gasteiger partial charge in [0.15, 0.2) is 6.73 Å². The minimum atomic E-state index is -0.239. The van der Waals surface area contributed by atoms with Gasteiger partial charge in [0.1, 0.15) is 5.75 Å². The first-order valence-electron chi connectivity index (χ1n) is 10.7. The molecule has 150 valence electrons. The van der Waals surface area contributed by atoms with Gasteiger partial charge in [0.05, 0.1) is 12.2 Å². The molecule has 0 heterocycles. The summed E-state index contributed by atoms with van der Waals surface area (Å²) in [6.07, 6.45) is 8.51. The van der Waals surface area contributed by atoms with E-state index in [0.29, 0.717) is 17.8 Å². The summed E-state index contributed by atoms with van der Waals surface area (Å²) in [6.45, 7) is 5.96. The van der Waals surface area contributed by atoms with Crippen molar-refractivity contribution < 1.29 is 14.9 Å². The van der Waals surface area contributed by atoms with E-state index in [4.69, 9.17) is 4.74 Å².